The van der Waals surface area contributed by atoms with Gasteiger partial charge in [0.25, 0.3) is 0 Å². The van der Waals surface area contributed by atoms with E-state index in [1.54, 1.807) is 0 Å². The highest BCUT2D eigenvalue weighted by Gasteiger charge is 2.23. The van der Waals surface area contributed by atoms with Crippen molar-refractivity contribution in [3.05, 3.63) is 23.3 Å². The third-order valence-corrected chi connectivity index (χ3v) is 3.93. The Kier molecular flexibility index (Phi) is 3.07. The fourth-order valence-electron chi connectivity index (χ4n) is 2.87. The molecule has 2 heterocycles. The van der Waals surface area contributed by atoms with Crippen LogP contribution in [0.2, 0.25) is 0 Å². The maximum atomic E-state index is 6.14. The fraction of sp³-hybridized carbons (Fsp3) is 0.692. The molecular formula is C13H20N4. The molecule has 4 nitrogen and oxygen atoms in total. The van der Waals surface area contributed by atoms with Crippen LogP contribution < -0.4 is 11.1 Å². The molecule has 0 aromatic carbocycles. The summed E-state index contributed by atoms with van der Waals surface area (Å²) in [6.45, 7) is 2.16. The lowest BCUT2D eigenvalue weighted by atomic mass is 9.92. The van der Waals surface area contributed by atoms with E-state index in [2.05, 4.69) is 10.3 Å². The molecule has 3 N–H and O–H groups in total. The predicted octanol–water partition coefficient (Wildman–Crippen LogP) is 1.28. The fourth-order valence-corrected chi connectivity index (χ4v) is 2.87. The molecule has 1 aromatic heterocycles. The summed E-state index contributed by atoms with van der Waals surface area (Å²) in [7, 11) is 0. The Hall–Kier alpha value is -1.00. The Morgan fingerprint density at radius 3 is 2.88 bits per heavy atom. The molecule has 0 spiro atoms. The van der Waals surface area contributed by atoms with Crippen molar-refractivity contribution >= 4 is 0 Å². The molecule has 0 radical (unpaired) electrons. The van der Waals surface area contributed by atoms with E-state index in [-0.39, 0.29) is 6.04 Å². The lowest BCUT2D eigenvalue weighted by Crippen LogP contribution is -2.28. The van der Waals surface area contributed by atoms with Crippen molar-refractivity contribution in [2.24, 2.45) is 5.73 Å². The van der Waals surface area contributed by atoms with E-state index in [0.29, 0.717) is 5.92 Å². The summed E-state index contributed by atoms with van der Waals surface area (Å²) in [5, 5.41) is 3.38. The van der Waals surface area contributed by atoms with Gasteiger partial charge >= 0.3 is 0 Å². The zero-order valence-corrected chi connectivity index (χ0v) is 10.2. The van der Waals surface area contributed by atoms with Gasteiger partial charge in [-0.3, -0.25) is 0 Å². The lowest BCUT2D eigenvalue weighted by Gasteiger charge is -2.25. The number of nitrogens with one attached hydrogen (secondary N) is 1. The van der Waals surface area contributed by atoms with E-state index in [9.17, 15) is 0 Å². The first-order valence-electron chi connectivity index (χ1n) is 6.66. The van der Waals surface area contributed by atoms with Crippen LogP contribution in [-0.2, 0) is 6.42 Å². The number of hydrogen-bond acceptors (Lipinski definition) is 4. The Morgan fingerprint density at radius 2 is 2.06 bits per heavy atom. The van der Waals surface area contributed by atoms with Crippen molar-refractivity contribution in [3.63, 3.8) is 0 Å². The highest BCUT2D eigenvalue weighted by molar-refractivity contribution is 5.24. The van der Waals surface area contributed by atoms with Crippen molar-refractivity contribution in [1.29, 1.82) is 0 Å². The van der Waals surface area contributed by atoms with E-state index < -0.39 is 0 Å². The van der Waals surface area contributed by atoms with E-state index in [4.69, 9.17) is 10.7 Å². The number of fused-ring (bicyclic) bond motifs is 1. The van der Waals surface area contributed by atoms with E-state index in [1.165, 1.54) is 12.0 Å². The summed E-state index contributed by atoms with van der Waals surface area (Å²) < 4.78 is 0. The molecule has 1 aromatic rings. The number of aromatic nitrogens is 2. The molecule has 1 aliphatic heterocycles. The minimum Gasteiger partial charge on any atom is -0.323 e. The SMILES string of the molecule is NC1CCCc2cnc(C3CCNCC3)nc21. The van der Waals surface area contributed by atoms with Gasteiger partial charge in [0.2, 0.25) is 0 Å². The van der Waals surface area contributed by atoms with Crippen LogP contribution in [0.1, 0.15) is 54.7 Å². The Morgan fingerprint density at radius 1 is 1.24 bits per heavy atom. The van der Waals surface area contributed by atoms with Crippen molar-refractivity contribution in [1.82, 2.24) is 15.3 Å². The van der Waals surface area contributed by atoms with Gasteiger partial charge in [0.1, 0.15) is 5.82 Å². The van der Waals surface area contributed by atoms with Crippen molar-refractivity contribution in [2.45, 2.75) is 44.1 Å². The Balaban J connectivity index is 1.88. The number of piperidine rings is 1. The topological polar surface area (TPSA) is 63.8 Å². The third-order valence-electron chi connectivity index (χ3n) is 3.93. The minimum atomic E-state index is 0.127. The third kappa shape index (κ3) is 2.19. The molecule has 1 atom stereocenters. The summed E-state index contributed by atoms with van der Waals surface area (Å²) in [6.07, 6.45) is 7.64. The molecule has 3 rings (SSSR count). The van der Waals surface area contributed by atoms with Crippen molar-refractivity contribution < 1.29 is 0 Å². The average Bonchev–Trinajstić information content (AvgIpc) is 2.40. The molecule has 2 aliphatic rings. The number of nitrogens with two attached hydrogens (primary N) is 1. The van der Waals surface area contributed by atoms with E-state index in [1.807, 2.05) is 6.20 Å². The summed E-state index contributed by atoms with van der Waals surface area (Å²) in [5.41, 5.74) is 8.52. The van der Waals surface area contributed by atoms with Gasteiger partial charge in [0.05, 0.1) is 5.69 Å². The van der Waals surface area contributed by atoms with Gasteiger partial charge in [0, 0.05) is 18.2 Å². The first kappa shape index (κ1) is 11.1. The maximum Gasteiger partial charge on any atom is 0.131 e. The van der Waals surface area contributed by atoms with Gasteiger partial charge in [-0.15, -0.1) is 0 Å². The molecule has 0 amide bonds. The number of rotatable bonds is 1. The summed E-state index contributed by atoms with van der Waals surface area (Å²) >= 11 is 0. The predicted molar refractivity (Wildman–Crippen MR) is 66.7 cm³/mol. The molecule has 0 saturated carbocycles. The molecule has 1 aliphatic carbocycles. The van der Waals surface area contributed by atoms with Gasteiger partial charge in [0.15, 0.2) is 0 Å². The van der Waals surface area contributed by atoms with Crippen molar-refractivity contribution in [3.8, 4) is 0 Å². The number of hydrogen-bond donors (Lipinski definition) is 2. The van der Waals surface area contributed by atoms with Gasteiger partial charge in [-0.05, 0) is 50.8 Å². The molecule has 1 saturated heterocycles. The molecule has 17 heavy (non-hydrogen) atoms. The van der Waals surface area contributed by atoms with Crippen molar-refractivity contribution in [2.75, 3.05) is 13.1 Å². The summed E-state index contributed by atoms with van der Waals surface area (Å²) in [5.74, 6) is 1.54. The molecular weight excluding hydrogens is 212 g/mol. The molecule has 0 bridgehead atoms. The first-order chi connectivity index (χ1) is 8.34. The standard InChI is InChI=1S/C13H20N4/c14-11-3-1-2-10-8-16-13(17-12(10)11)9-4-6-15-7-5-9/h8-9,11,15H,1-7,14H2. The van der Waals surface area contributed by atoms with Gasteiger partial charge in [-0.1, -0.05) is 0 Å². The van der Waals surface area contributed by atoms with Crippen LogP contribution in [0, 0.1) is 0 Å². The van der Waals surface area contributed by atoms with Crippen LogP contribution in [0.3, 0.4) is 0 Å². The zero-order valence-electron chi connectivity index (χ0n) is 10.2. The normalized spacial score (nSPS) is 25.6. The highest BCUT2D eigenvalue weighted by Crippen LogP contribution is 2.28. The Bertz CT molecular complexity index is 398. The average molecular weight is 232 g/mol. The second-order valence-corrected chi connectivity index (χ2v) is 5.16. The summed E-state index contributed by atoms with van der Waals surface area (Å²) in [6, 6.07) is 0.127. The van der Waals surface area contributed by atoms with Gasteiger partial charge < -0.3 is 11.1 Å². The summed E-state index contributed by atoms with van der Waals surface area (Å²) in [4.78, 5) is 9.31. The minimum absolute atomic E-state index is 0.127. The number of nitrogens with zero attached hydrogens (tertiary/aromatic N) is 2. The first-order valence-corrected chi connectivity index (χ1v) is 6.66. The van der Waals surface area contributed by atoms with Crippen LogP contribution >= 0.6 is 0 Å². The highest BCUT2D eigenvalue weighted by atomic mass is 14.9. The monoisotopic (exact) mass is 232 g/mol. The Labute approximate surface area is 102 Å². The molecule has 92 valence electrons. The second kappa shape index (κ2) is 4.70. The number of aryl methyl sites for hydroxylation is 1. The zero-order chi connectivity index (χ0) is 11.7. The maximum absolute atomic E-state index is 6.14. The van der Waals surface area contributed by atoms with Crippen LogP contribution in [0.4, 0.5) is 0 Å². The quantitative estimate of drug-likeness (QED) is 0.765. The van der Waals surface area contributed by atoms with E-state index in [0.717, 1.165) is 50.3 Å². The smallest absolute Gasteiger partial charge is 0.131 e. The second-order valence-electron chi connectivity index (χ2n) is 5.16. The van der Waals surface area contributed by atoms with Gasteiger partial charge in [-0.25, -0.2) is 9.97 Å². The van der Waals surface area contributed by atoms with Gasteiger partial charge in [-0.2, -0.15) is 0 Å². The van der Waals surface area contributed by atoms with Crippen LogP contribution in [0.25, 0.3) is 0 Å². The largest absolute Gasteiger partial charge is 0.323 e. The molecule has 1 fully saturated rings. The van der Waals surface area contributed by atoms with Crippen LogP contribution in [-0.4, -0.2) is 23.1 Å². The lowest BCUT2D eigenvalue weighted by molar-refractivity contribution is 0.439. The van der Waals surface area contributed by atoms with E-state index >= 15 is 0 Å². The molecule has 1 unspecified atom stereocenters. The molecule has 4 heteroatoms. The van der Waals surface area contributed by atoms with Crippen LogP contribution in [0.15, 0.2) is 6.20 Å². The van der Waals surface area contributed by atoms with Crippen LogP contribution in [0.5, 0.6) is 0 Å².